The van der Waals surface area contributed by atoms with Crippen LogP contribution in [-0.2, 0) is 0 Å². The molecule has 0 aromatic heterocycles. The molecular formula is C12H24N2. The van der Waals surface area contributed by atoms with Crippen molar-refractivity contribution in [1.29, 1.82) is 0 Å². The Bertz CT molecular complexity index is 160. The van der Waals surface area contributed by atoms with Gasteiger partial charge in [-0.1, -0.05) is 26.7 Å². The Balaban J connectivity index is 3.89. The Morgan fingerprint density at radius 3 is 2.50 bits per heavy atom. The van der Waals surface area contributed by atoms with E-state index in [2.05, 4.69) is 36.9 Å². The zero-order valence-corrected chi connectivity index (χ0v) is 9.84. The summed E-state index contributed by atoms with van der Waals surface area (Å²) < 4.78 is 0. The maximum absolute atomic E-state index is 5.34. The summed E-state index contributed by atoms with van der Waals surface area (Å²) in [5.41, 5.74) is 0. The first-order chi connectivity index (χ1) is 6.79. The Hall–Kier alpha value is -0.520. The molecule has 0 aromatic carbocycles. The van der Waals surface area contributed by atoms with Gasteiger partial charge in [-0.15, -0.1) is 6.42 Å². The van der Waals surface area contributed by atoms with Gasteiger partial charge in [0.1, 0.15) is 0 Å². The van der Waals surface area contributed by atoms with Crippen LogP contribution in [0.2, 0.25) is 0 Å². The summed E-state index contributed by atoms with van der Waals surface area (Å²) in [6.45, 7) is 10.5. The average Bonchev–Trinajstić information content (AvgIpc) is 2.22. The molecule has 2 heteroatoms. The molecule has 1 atom stereocenters. The van der Waals surface area contributed by atoms with Gasteiger partial charge in [0.2, 0.25) is 0 Å². The Morgan fingerprint density at radius 1 is 1.36 bits per heavy atom. The van der Waals surface area contributed by atoms with Crippen molar-refractivity contribution in [2.45, 2.75) is 39.7 Å². The second kappa shape index (κ2) is 9.05. The minimum absolute atomic E-state index is 0.586. The van der Waals surface area contributed by atoms with Crippen LogP contribution in [0.5, 0.6) is 0 Å². The van der Waals surface area contributed by atoms with Crippen molar-refractivity contribution in [1.82, 2.24) is 10.2 Å². The van der Waals surface area contributed by atoms with E-state index >= 15 is 0 Å². The van der Waals surface area contributed by atoms with E-state index in [1.807, 2.05) is 0 Å². The summed E-state index contributed by atoms with van der Waals surface area (Å²) in [7, 11) is 0. The van der Waals surface area contributed by atoms with Crippen molar-refractivity contribution in [2.75, 3.05) is 26.2 Å². The lowest BCUT2D eigenvalue weighted by Crippen LogP contribution is -2.42. The van der Waals surface area contributed by atoms with Crippen molar-refractivity contribution < 1.29 is 0 Å². The molecule has 0 fully saturated rings. The van der Waals surface area contributed by atoms with E-state index in [0.29, 0.717) is 6.04 Å². The van der Waals surface area contributed by atoms with Crippen LogP contribution in [0.4, 0.5) is 0 Å². The molecule has 2 nitrogen and oxygen atoms in total. The molecule has 0 amide bonds. The molecule has 0 saturated carbocycles. The maximum atomic E-state index is 5.34. The lowest BCUT2D eigenvalue weighted by atomic mass is 10.2. The van der Waals surface area contributed by atoms with Gasteiger partial charge in [-0.2, -0.15) is 0 Å². The Kier molecular flexibility index (Phi) is 8.72. The van der Waals surface area contributed by atoms with E-state index in [1.54, 1.807) is 0 Å². The third kappa shape index (κ3) is 5.26. The van der Waals surface area contributed by atoms with Crippen LogP contribution in [0.1, 0.15) is 33.6 Å². The molecule has 0 aliphatic heterocycles. The summed E-state index contributed by atoms with van der Waals surface area (Å²) in [6, 6.07) is 0.586. The van der Waals surface area contributed by atoms with Gasteiger partial charge in [0, 0.05) is 12.6 Å². The smallest absolute Gasteiger partial charge is 0.0601 e. The standard InChI is InChI=1S/C12H24N2/c1-5-9-13-11-12(7-3)14(8-4)10-6-2/h2,12-13H,5,7-11H2,1,3-4H3. The van der Waals surface area contributed by atoms with Crippen molar-refractivity contribution in [3.63, 3.8) is 0 Å². The van der Waals surface area contributed by atoms with Crippen molar-refractivity contribution in [3.8, 4) is 12.3 Å². The zero-order chi connectivity index (χ0) is 10.8. The number of nitrogens with one attached hydrogen (secondary N) is 1. The van der Waals surface area contributed by atoms with Gasteiger partial charge in [-0.05, 0) is 25.9 Å². The van der Waals surface area contributed by atoms with Crippen LogP contribution in [-0.4, -0.2) is 37.1 Å². The van der Waals surface area contributed by atoms with E-state index in [-0.39, 0.29) is 0 Å². The summed E-state index contributed by atoms with van der Waals surface area (Å²) in [5, 5.41) is 3.45. The van der Waals surface area contributed by atoms with E-state index in [9.17, 15) is 0 Å². The molecule has 0 bridgehead atoms. The van der Waals surface area contributed by atoms with Gasteiger partial charge >= 0.3 is 0 Å². The fourth-order valence-corrected chi connectivity index (χ4v) is 1.59. The highest BCUT2D eigenvalue weighted by atomic mass is 15.2. The van der Waals surface area contributed by atoms with Gasteiger partial charge in [0.25, 0.3) is 0 Å². The SMILES string of the molecule is C#CCN(CC)C(CC)CNCCC. The first-order valence-corrected chi connectivity index (χ1v) is 5.68. The topological polar surface area (TPSA) is 15.3 Å². The predicted octanol–water partition coefficient (Wildman–Crippen LogP) is 1.72. The number of hydrogen-bond acceptors (Lipinski definition) is 2. The van der Waals surface area contributed by atoms with Gasteiger partial charge in [0.15, 0.2) is 0 Å². The van der Waals surface area contributed by atoms with E-state index in [4.69, 9.17) is 6.42 Å². The van der Waals surface area contributed by atoms with Gasteiger partial charge in [-0.3, -0.25) is 4.90 Å². The van der Waals surface area contributed by atoms with Crippen molar-refractivity contribution >= 4 is 0 Å². The van der Waals surface area contributed by atoms with E-state index < -0.39 is 0 Å². The summed E-state index contributed by atoms with van der Waals surface area (Å²) >= 11 is 0. The Labute approximate surface area is 89.1 Å². The fourth-order valence-electron chi connectivity index (χ4n) is 1.59. The second-order valence-electron chi connectivity index (χ2n) is 3.53. The molecule has 1 unspecified atom stereocenters. The Morgan fingerprint density at radius 2 is 2.07 bits per heavy atom. The molecule has 0 aliphatic carbocycles. The van der Waals surface area contributed by atoms with Crippen LogP contribution in [0.3, 0.4) is 0 Å². The molecule has 1 N–H and O–H groups in total. The van der Waals surface area contributed by atoms with Gasteiger partial charge in [0.05, 0.1) is 6.54 Å². The predicted molar refractivity (Wildman–Crippen MR) is 63.3 cm³/mol. The molecule has 82 valence electrons. The van der Waals surface area contributed by atoms with Crippen molar-refractivity contribution in [3.05, 3.63) is 0 Å². The minimum atomic E-state index is 0.586. The first kappa shape index (κ1) is 13.5. The number of nitrogens with zero attached hydrogens (tertiary/aromatic N) is 1. The highest BCUT2D eigenvalue weighted by Gasteiger charge is 2.12. The van der Waals surface area contributed by atoms with Crippen LogP contribution in [0.25, 0.3) is 0 Å². The van der Waals surface area contributed by atoms with Crippen LogP contribution < -0.4 is 5.32 Å². The largest absolute Gasteiger partial charge is 0.315 e. The zero-order valence-electron chi connectivity index (χ0n) is 9.84. The summed E-state index contributed by atoms with van der Waals surface area (Å²) in [6.07, 6.45) is 7.69. The first-order valence-electron chi connectivity index (χ1n) is 5.68. The van der Waals surface area contributed by atoms with E-state index in [0.717, 1.165) is 32.6 Å². The third-order valence-electron chi connectivity index (χ3n) is 2.49. The van der Waals surface area contributed by atoms with Crippen LogP contribution >= 0.6 is 0 Å². The monoisotopic (exact) mass is 196 g/mol. The van der Waals surface area contributed by atoms with Gasteiger partial charge < -0.3 is 5.32 Å². The molecule has 0 rings (SSSR count). The molecule has 0 heterocycles. The molecular weight excluding hydrogens is 172 g/mol. The lowest BCUT2D eigenvalue weighted by molar-refractivity contribution is 0.220. The average molecular weight is 196 g/mol. The second-order valence-corrected chi connectivity index (χ2v) is 3.53. The van der Waals surface area contributed by atoms with Crippen LogP contribution in [0.15, 0.2) is 0 Å². The normalized spacial score (nSPS) is 12.8. The molecule has 0 aromatic rings. The number of rotatable bonds is 8. The minimum Gasteiger partial charge on any atom is -0.315 e. The number of hydrogen-bond donors (Lipinski definition) is 1. The fraction of sp³-hybridized carbons (Fsp3) is 0.833. The molecule has 0 aliphatic rings. The highest BCUT2D eigenvalue weighted by molar-refractivity contribution is 4.90. The highest BCUT2D eigenvalue weighted by Crippen LogP contribution is 2.02. The third-order valence-corrected chi connectivity index (χ3v) is 2.49. The maximum Gasteiger partial charge on any atom is 0.0601 e. The van der Waals surface area contributed by atoms with Gasteiger partial charge in [-0.25, -0.2) is 0 Å². The quantitative estimate of drug-likeness (QED) is 0.470. The number of terminal acetylenes is 1. The molecule has 0 radical (unpaired) electrons. The summed E-state index contributed by atoms with van der Waals surface area (Å²) in [4.78, 5) is 2.35. The number of likely N-dealkylation sites (N-methyl/N-ethyl adjacent to an activating group) is 1. The molecule has 14 heavy (non-hydrogen) atoms. The van der Waals surface area contributed by atoms with Crippen molar-refractivity contribution in [2.24, 2.45) is 0 Å². The lowest BCUT2D eigenvalue weighted by Gasteiger charge is -2.28. The summed E-state index contributed by atoms with van der Waals surface area (Å²) in [5.74, 6) is 2.72. The van der Waals surface area contributed by atoms with Crippen LogP contribution in [0, 0.1) is 12.3 Å². The van der Waals surface area contributed by atoms with E-state index in [1.165, 1.54) is 6.42 Å². The molecule has 0 saturated heterocycles. The molecule has 0 spiro atoms.